The predicted molar refractivity (Wildman–Crippen MR) is 89.1 cm³/mol. The minimum atomic E-state index is -0.473. The molecule has 0 amide bonds. The number of nitro groups is 1. The number of aryl methyl sites for hydroxylation is 1. The van der Waals surface area contributed by atoms with E-state index in [1.807, 2.05) is 31.5 Å². The molecule has 0 aliphatic carbocycles. The van der Waals surface area contributed by atoms with Gasteiger partial charge in [0.05, 0.1) is 23.0 Å². The summed E-state index contributed by atoms with van der Waals surface area (Å²) >= 11 is 1.03. The third-order valence-electron chi connectivity index (χ3n) is 3.31. The molecule has 0 spiro atoms. The number of hydrogen-bond acceptors (Lipinski definition) is 7. The number of non-ortho nitro benzene ring substituents is 1. The first-order valence-corrected chi connectivity index (χ1v) is 8.11. The Hall–Kier alpha value is -3.20. The molecule has 2 heterocycles. The molecular formula is C16H13N5O3S. The van der Waals surface area contributed by atoms with Crippen molar-refractivity contribution in [3.8, 4) is 11.0 Å². The second-order valence-electron chi connectivity index (χ2n) is 5.19. The van der Waals surface area contributed by atoms with Gasteiger partial charge in [-0.15, -0.1) is 0 Å². The standard InChI is InChI=1S/C16H13N5O3S/c1-11-3-2-8-20(10-11)15-14(25-16(22)18-15)9-17-19-12-4-6-13(7-5-12)21(23)24/h2-8,10H,9H2,1H3. The lowest BCUT2D eigenvalue weighted by molar-refractivity contribution is -0.600. The lowest BCUT2D eigenvalue weighted by Crippen LogP contribution is -2.31. The van der Waals surface area contributed by atoms with Crippen molar-refractivity contribution in [1.29, 1.82) is 0 Å². The van der Waals surface area contributed by atoms with Crippen LogP contribution in [0.4, 0.5) is 11.4 Å². The first kappa shape index (κ1) is 16.7. The number of aromatic nitrogens is 2. The Morgan fingerprint density at radius 1 is 1.28 bits per heavy atom. The topological polar surface area (TPSA) is 108 Å². The van der Waals surface area contributed by atoms with E-state index >= 15 is 0 Å². The monoisotopic (exact) mass is 355 g/mol. The maximum Gasteiger partial charge on any atom is 0.343 e. The zero-order valence-electron chi connectivity index (χ0n) is 13.2. The van der Waals surface area contributed by atoms with Gasteiger partial charge in [0.2, 0.25) is 0 Å². The number of hydrogen-bond donors (Lipinski definition) is 0. The lowest BCUT2D eigenvalue weighted by atomic mass is 10.3. The Morgan fingerprint density at radius 3 is 2.72 bits per heavy atom. The van der Waals surface area contributed by atoms with Gasteiger partial charge in [0.15, 0.2) is 5.19 Å². The molecule has 1 aromatic carbocycles. The zero-order valence-corrected chi connectivity index (χ0v) is 14.0. The highest BCUT2D eigenvalue weighted by Crippen LogP contribution is 2.24. The van der Waals surface area contributed by atoms with E-state index in [1.165, 1.54) is 24.3 Å². The van der Waals surface area contributed by atoms with Crippen molar-refractivity contribution in [2.75, 3.05) is 0 Å². The molecule has 0 N–H and O–H groups in total. The fourth-order valence-electron chi connectivity index (χ4n) is 2.17. The van der Waals surface area contributed by atoms with Crippen molar-refractivity contribution in [1.82, 2.24) is 4.98 Å². The van der Waals surface area contributed by atoms with E-state index < -0.39 is 4.92 Å². The fraction of sp³-hybridized carbons (Fsp3) is 0.125. The first-order chi connectivity index (χ1) is 12.0. The molecule has 0 atom stereocenters. The van der Waals surface area contributed by atoms with Crippen LogP contribution in [0.15, 0.2) is 59.0 Å². The highest BCUT2D eigenvalue weighted by atomic mass is 32.1. The summed E-state index contributed by atoms with van der Waals surface area (Å²) in [7, 11) is 0. The Morgan fingerprint density at radius 2 is 2.04 bits per heavy atom. The molecule has 9 heteroatoms. The van der Waals surface area contributed by atoms with E-state index in [4.69, 9.17) is 0 Å². The third kappa shape index (κ3) is 4.01. The molecular weight excluding hydrogens is 342 g/mol. The Labute approximate surface area is 146 Å². The smallest absolute Gasteiger partial charge is 0.343 e. The summed E-state index contributed by atoms with van der Waals surface area (Å²) in [5.74, 6) is 0.543. The predicted octanol–water partition coefficient (Wildman–Crippen LogP) is 2.99. The van der Waals surface area contributed by atoms with Gasteiger partial charge in [0.1, 0.15) is 11.4 Å². The summed E-state index contributed by atoms with van der Waals surface area (Å²) in [4.78, 5) is 14.9. The third-order valence-corrected chi connectivity index (χ3v) is 4.14. The molecule has 0 saturated carbocycles. The van der Waals surface area contributed by atoms with Crippen molar-refractivity contribution in [3.63, 3.8) is 0 Å². The average Bonchev–Trinajstić information content (AvgIpc) is 2.96. The Kier molecular flexibility index (Phi) is 4.75. The summed E-state index contributed by atoms with van der Waals surface area (Å²) in [6, 6.07) is 9.60. The van der Waals surface area contributed by atoms with Crippen molar-refractivity contribution in [3.05, 3.63) is 69.3 Å². The van der Waals surface area contributed by atoms with E-state index in [1.54, 1.807) is 4.57 Å². The van der Waals surface area contributed by atoms with Gasteiger partial charge in [-0.05, 0) is 35.7 Å². The molecule has 0 radical (unpaired) electrons. The van der Waals surface area contributed by atoms with Crippen LogP contribution in [0.2, 0.25) is 0 Å². The maximum atomic E-state index is 11.7. The molecule has 0 fully saturated rings. The van der Waals surface area contributed by atoms with Gasteiger partial charge in [-0.25, -0.2) is 4.57 Å². The first-order valence-electron chi connectivity index (χ1n) is 7.30. The van der Waals surface area contributed by atoms with Gasteiger partial charge in [-0.3, -0.25) is 10.1 Å². The highest BCUT2D eigenvalue weighted by molar-refractivity contribution is 7.13. The van der Waals surface area contributed by atoms with Gasteiger partial charge in [-0.1, -0.05) is 17.4 Å². The van der Waals surface area contributed by atoms with Crippen molar-refractivity contribution in [2.24, 2.45) is 10.2 Å². The van der Waals surface area contributed by atoms with E-state index in [2.05, 4.69) is 15.2 Å². The van der Waals surface area contributed by atoms with Crippen LogP contribution in [0, 0.1) is 17.0 Å². The molecule has 0 aliphatic heterocycles. The summed E-state index contributed by atoms with van der Waals surface area (Å²) in [5, 5.41) is 30.1. The van der Waals surface area contributed by atoms with Crippen LogP contribution in [-0.4, -0.2) is 9.91 Å². The van der Waals surface area contributed by atoms with Crippen LogP contribution in [0.5, 0.6) is 5.19 Å². The molecule has 126 valence electrons. The van der Waals surface area contributed by atoms with Gasteiger partial charge in [0.25, 0.3) is 5.69 Å². The number of nitro benzene ring substituents is 1. The van der Waals surface area contributed by atoms with Crippen LogP contribution < -0.4 is 9.67 Å². The van der Waals surface area contributed by atoms with Crippen LogP contribution >= 0.6 is 11.3 Å². The minimum Gasteiger partial charge on any atom is -0.831 e. The zero-order chi connectivity index (χ0) is 17.8. The van der Waals surface area contributed by atoms with E-state index in [-0.39, 0.29) is 17.4 Å². The second-order valence-corrected chi connectivity index (χ2v) is 6.23. The molecule has 25 heavy (non-hydrogen) atoms. The van der Waals surface area contributed by atoms with Crippen LogP contribution in [-0.2, 0) is 6.54 Å². The van der Waals surface area contributed by atoms with E-state index in [9.17, 15) is 15.2 Å². The molecule has 0 saturated heterocycles. The maximum absolute atomic E-state index is 11.7. The van der Waals surface area contributed by atoms with Crippen molar-refractivity contribution in [2.45, 2.75) is 13.5 Å². The molecule has 2 aromatic heterocycles. The fourth-order valence-corrected chi connectivity index (χ4v) is 2.88. The lowest BCUT2D eigenvalue weighted by Gasteiger charge is -1.97. The second kappa shape index (κ2) is 7.14. The van der Waals surface area contributed by atoms with Gasteiger partial charge >= 0.3 is 5.82 Å². The summed E-state index contributed by atoms with van der Waals surface area (Å²) < 4.78 is 1.78. The van der Waals surface area contributed by atoms with Crippen LogP contribution in [0.3, 0.4) is 0 Å². The van der Waals surface area contributed by atoms with Gasteiger partial charge in [-0.2, -0.15) is 10.2 Å². The molecule has 3 aromatic rings. The normalized spacial score (nSPS) is 11.1. The largest absolute Gasteiger partial charge is 0.831 e. The average molecular weight is 355 g/mol. The number of rotatable bonds is 5. The van der Waals surface area contributed by atoms with Crippen molar-refractivity contribution >= 4 is 22.7 Å². The summed E-state index contributed by atoms with van der Waals surface area (Å²) in [5.41, 5.74) is 1.54. The number of thiazole rings is 1. The molecule has 0 aliphatic rings. The van der Waals surface area contributed by atoms with Crippen LogP contribution in [0.25, 0.3) is 5.82 Å². The quantitative estimate of drug-likeness (QED) is 0.303. The summed E-state index contributed by atoms with van der Waals surface area (Å²) in [6.45, 7) is 2.15. The number of azo groups is 1. The number of benzene rings is 1. The van der Waals surface area contributed by atoms with Crippen molar-refractivity contribution < 1.29 is 14.6 Å². The molecule has 3 rings (SSSR count). The summed E-state index contributed by atoms with van der Waals surface area (Å²) in [6.07, 6.45) is 3.70. The van der Waals surface area contributed by atoms with Crippen LogP contribution in [0.1, 0.15) is 10.4 Å². The molecule has 8 nitrogen and oxygen atoms in total. The number of nitrogens with zero attached hydrogens (tertiary/aromatic N) is 5. The molecule has 0 unspecified atom stereocenters. The number of pyridine rings is 1. The SMILES string of the molecule is Cc1ccc[n+](-c2nc([O-])sc2CN=Nc2ccc([N+](=O)[O-])cc2)c1. The van der Waals surface area contributed by atoms with E-state index in [0.29, 0.717) is 16.4 Å². The van der Waals surface area contributed by atoms with Gasteiger partial charge in [0, 0.05) is 12.1 Å². The molecule has 0 bridgehead atoms. The van der Waals surface area contributed by atoms with E-state index in [0.717, 1.165) is 16.9 Å². The Balaban J connectivity index is 1.78. The van der Waals surface area contributed by atoms with Gasteiger partial charge < -0.3 is 5.11 Å². The highest BCUT2D eigenvalue weighted by Gasteiger charge is 2.18. The Bertz CT molecular complexity index is 937. The minimum absolute atomic E-state index is 0.00413.